The topological polar surface area (TPSA) is 0 Å². The molecular formula is C18H24S2. The van der Waals surface area contributed by atoms with Crippen molar-refractivity contribution in [3.8, 4) is 0 Å². The molecular weight excluding hydrogens is 280 g/mol. The second kappa shape index (κ2) is 11.9. The Morgan fingerprint density at radius 2 is 0.900 bits per heavy atom. The Morgan fingerprint density at radius 1 is 0.550 bits per heavy atom. The van der Waals surface area contributed by atoms with Gasteiger partial charge < -0.3 is 0 Å². The molecule has 0 nitrogen and oxygen atoms in total. The van der Waals surface area contributed by atoms with Crippen LogP contribution in [0.1, 0.15) is 24.0 Å². The standard InChI is InChI=1S/2C9H12S/c2*10-8-4-7-9-5-2-1-3-6-9/h2*1-3,5-6,10H,4,7-8H2. The zero-order valence-corrected chi connectivity index (χ0v) is 13.7. The molecule has 2 aromatic carbocycles. The maximum absolute atomic E-state index is 4.15. The third kappa shape index (κ3) is 8.34. The summed E-state index contributed by atoms with van der Waals surface area (Å²) < 4.78 is 0. The van der Waals surface area contributed by atoms with Gasteiger partial charge in [0.25, 0.3) is 0 Å². The highest BCUT2D eigenvalue weighted by molar-refractivity contribution is 7.80. The lowest BCUT2D eigenvalue weighted by Crippen LogP contribution is -1.84. The van der Waals surface area contributed by atoms with Crippen LogP contribution in [0.15, 0.2) is 60.7 Å². The highest BCUT2D eigenvalue weighted by atomic mass is 32.1. The average Bonchev–Trinajstić information content (AvgIpc) is 2.53. The van der Waals surface area contributed by atoms with Gasteiger partial charge >= 0.3 is 0 Å². The van der Waals surface area contributed by atoms with Crippen LogP contribution in [-0.4, -0.2) is 11.5 Å². The third-order valence-electron chi connectivity index (χ3n) is 2.93. The molecule has 0 aliphatic heterocycles. The summed E-state index contributed by atoms with van der Waals surface area (Å²) in [6.07, 6.45) is 4.66. The molecule has 0 aliphatic rings. The highest BCUT2D eigenvalue weighted by Gasteiger charge is 1.88. The molecule has 0 aromatic heterocycles. The minimum Gasteiger partial charge on any atom is -0.179 e. The highest BCUT2D eigenvalue weighted by Crippen LogP contribution is 2.03. The van der Waals surface area contributed by atoms with Crippen LogP contribution in [0.3, 0.4) is 0 Å². The van der Waals surface area contributed by atoms with Crippen molar-refractivity contribution >= 4 is 25.3 Å². The van der Waals surface area contributed by atoms with E-state index in [1.165, 1.54) is 24.0 Å². The molecule has 2 rings (SSSR count). The van der Waals surface area contributed by atoms with Gasteiger partial charge in [-0.25, -0.2) is 0 Å². The Morgan fingerprint density at radius 3 is 1.20 bits per heavy atom. The smallest absolute Gasteiger partial charge is 0.00947 e. The fraction of sp³-hybridized carbons (Fsp3) is 0.333. The normalized spacial score (nSPS) is 9.70. The average molecular weight is 305 g/mol. The molecule has 0 aliphatic carbocycles. The van der Waals surface area contributed by atoms with Gasteiger partial charge in [-0.15, -0.1) is 0 Å². The van der Waals surface area contributed by atoms with Gasteiger partial charge in [0, 0.05) is 0 Å². The third-order valence-corrected chi connectivity index (χ3v) is 3.57. The van der Waals surface area contributed by atoms with Gasteiger partial charge in [-0.2, -0.15) is 25.3 Å². The van der Waals surface area contributed by atoms with Gasteiger partial charge in [0.15, 0.2) is 0 Å². The maximum Gasteiger partial charge on any atom is -0.00947 e. The summed E-state index contributed by atoms with van der Waals surface area (Å²) in [7, 11) is 0. The Balaban J connectivity index is 0.000000200. The summed E-state index contributed by atoms with van der Waals surface area (Å²) >= 11 is 8.30. The first-order valence-electron chi connectivity index (χ1n) is 7.16. The fourth-order valence-corrected chi connectivity index (χ4v) is 2.17. The van der Waals surface area contributed by atoms with Crippen molar-refractivity contribution in [2.45, 2.75) is 25.7 Å². The van der Waals surface area contributed by atoms with Gasteiger partial charge in [0.2, 0.25) is 0 Å². The van der Waals surface area contributed by atoms with E-state index in [0.717, 1.165) is 24.3 Å². The Kier molecular flexibility index (Phi) is 10.3. The molecule has 20 heavy (non-hydrogen) atoms. The number of hydrogen-bond acceptors (Lipinski definition) is 2. The van der Waals surface area contributed by atoms with E-state index in [4.69, 9.17) is 0 Å². The number of aryl methyl sites for hydroxylation is 2. The van der Waals surface area contributed by atoms with E-state index in [1.54, 1.807) is 0 Å². The van der Waals surface area contributed by atoms with Crippen molar-refractivity contribution in [3.05, 3.63) is 71.8 Å². The molecule has 0 atom stereocenters. The number of thiol groups is 2. The zero-order valence-electron chi connectivity index (χ0n) is 11.9. The predicted molar refractivity (Wildman–Crippen MR) is 97.2 cm³/mol. The Bertz CT molecular complexity index is 382. The molecule has 0 heterocycles. The summed E-state index contributed by atoms with van der Waals surface area (Å²) in [6, 6.07) is 21.0. The first-order chi connectivity index (χ1) is 9.86. The molecule has 0 amide bonds. The van der Waals surface area contributed by atoms with Crippen molar-refractivity contribution in [3.63, 3.8) is 0 Å². The van der Waals surface area contributed by atoms with E-state index in [0.29, 0.717) is 0 Å². The van der Waals surface area contributed by atoms with E-state index < -0.39 is 0 Å². The molecule has 0 N–H and O–H groups in total. The van der Waals surface area contributed by atoms with Crippen molar-refractivity contribution in [2.75, 3.05) is 11.5 Å². The lowest BCUT2D eigenvalue weighted by Gasteiger charge is -1.96. The van der Waals surface area contributed by atoms with Crippen LogP contribution in [-0.2, 0) is 12.8 Å². The summed E-state index contributed by atoms with van der Waals surface area (Å²) in [5.74, 6) is 1.96. The van der Waals surface area contributed by atoms with Gasteiger partial charge in [-0.05, 0) is 48.3 Å². The van der Waals surface area contributed by atoms with Crippen molar-refractivity contribution in [2.24, 2.45) is 0 Å². The van der Waals surface area contributed by atoms with E-state index in [-0.39, 0.29) is 0 Å². The van der Waals surface area contributed by atoms with E-state index in [1.807, 2.05) is 12.1 Å². The predicted octanol–water partition coefficient (Wildman–Crippen LogP) is 5.10. The van der Waals surface area contributed by atoms with E-state index >= 15 is 0 Å². The molecule has 0 bridgehead atoms. The minimum absolute atomic E-state index is 0.981. The lowest BCUT2D eigenvalue weighted by atomic mass is 10.1. The van der Waals surface area contributed by atoms with Crippen molar-refractivity contribution < 1.29 is 0 Å². The van der Waals surface area contributed by atoms with Gasteiger partial charge in [-0.1, -0.05) is 60.7 Å². The van der Waals surface area contributed by atoms with Gasteiger partial charge in [0.05, 0.1) is 0 Å². The molecule has 0 saturated carbocycles. The molecule has 0 fully saturated rings. The number of rotatable bonds is 6. The van der Waals surface area contributed by atoms with Crippen LogP contribution in [0.5, 0.6) is 0 Å². The van der Waals surface area contributed by atoms with Crippen LogP contribution in [0.2, 0.25) is 0 Å². The molecule has 0 spiro atoms. The monoisotopic (exact) mass is 304 g/mol. The van der Waals surface area contributed by atoms with Crippen molar-refractivity contribution in [1.82, 2.24) is 0 Å². The first kappa shape index (κ1) is 17.2. The molecule has 108 valence electrons. The number of benzene rings is 2. The van der Waals surface area contributed by atoms with E-state index in [2.05, 4.69) is 73.8 Å². The Labute approximate surface area is 134 Å². The Hall–Kier alpha value is -0.860. The van der Waals surface area contributed by atoms with Crippen LogP contribution < -0.4 is 0 Å². The van der Waals surface area contributed by atoms with Crippen LogP contribution >= 0.6 is 25.3 Å². The van der Waals surface area contributed by atoms with Crippen LogP contribution in [0, 0.1) is 0 Å². The number of hydrogen-bond donors (Lipinski definition) is 2. The summed E-state index contributed by atoms with van der Waals surface area (Å²) in [4.78, 5) is 0. The molecule has 2 aromatic rings. The minimum atomic E-state index is 0.981. The molecule has 0 radical (unpaired) electrons. The first-order valence-corrected chi connectivity index (χ1v) is 8.43. The second-order valence-electron chi connectivity index (χ2n) is 4.63. The maximum atomic E-state index is 4.15. The van der Waals surface area contributed by atoms with E-state index in [9.17, 15) is 0 Å². The quantitative estimate of drug-likeness (QED) is 0.682. The van der Waals surface area contributed by atoms with Gasteiger partial charge in [-0.3, -0.25) is 0 Å². The largest absolute Gasteiger partial charge is 0.179 e. The lowest BCUT2D eigenvalue weighted by molar-refractivity contribution is 0.936. The van der Waals surface area contributed by atoms with Crippen LogP contribution in [0.25, 0.3) is 0 Å². The zero-order chi connectivity index (χ0) is 14.5. The molecule has 0 saturated heterocycles. The fourth-order valence-electron chi connectivity index (χ4n) is 1.86. The van der Waals surface area contributed by atoms with Crippen molar-refractivity contribution in [1.29, 1.82) is 0 Å². The SMILES string of the molecule is SCCCc1ccccc1.SCCCc1ccccc1. The second-order valence-corrected chi connectivity index (χ2v) is 5.52. The van der Waals surface area contributed by atoms with Gasteiger partial charge in [0.1, 0.15) is 0 Å². The summed E-state index contributed by atoms with van der Waals surface area (Å²) in [5, 5.41) is 0. The summed E-state index contributed by atoms with van der Waals surface area (Å²) in [5.41, 5.74) is 2.83. The van der Waals surface area contributed by atoms with Crippen LogP contribution in [0.4, 0.5) is 0 Å². The summed E-state index contributed by atoms with van der Waals surface area (Å²) in [6.45, 7) is 0. The molecule has 0 unspecified atom stereocenters. The molecule has 2 heteroatoms.